The SMILES string of the molecule is Cc1coc(NC(=O)c2ccc(F)cc2I)n1. The molecule has 2 aromatic rings. The fourth-order valence-corrected chi connectivity index (χ4v) is 1.97. The monoisotopic (exact) mass is 346 g/mol. The highest BCUT2D eigenvalue weighted by Crippen LogP contribution is 2.16. The van der Waals surface area contributed by atoms with Crippen LogP contribution in [0.3, 0.4) is 0 Å². The van der Waals surface area contributed by atoms with Crippen molar-refractivity contribution in [3.05, 3.63) is 45.1 Å². The molecule has 0 fully saturated rings. The summed E-state index contributed by atoms with van der Waals surface area (Å²) in [6, 6.07) is 4.07. The number of carbonyl (C=O) groups excluding carboxylic acids is 1. The van der Waals surface area contributed by atoms with Crippen molar-refractivity contribution < 1.29 is 13.6 Å². The first-order chi connectivity index (χ1) is 8.06. The van der Waals surface area contributed by atoms with Crippen molar-refractivity contribution in [3.63, 3.8) is 0 Å². The molecule has 6 heteroatoms. The first kappa shape index (κ1) is 12.0. The van der Waals surface area contributed by atoms with E-state index in [0.29, 0.717) is 14.8 Å². The average molecular weight is 346 g/mol. The molecule has 0 aliphatic carbocycles. The van der Waals surface area contributed by atoms with Crippen molar-refractivity contribution in [2.75, 3.05) is 5.32 Å². The van der Waals surface area contributed by atoms with Crippen molar-refractivity contribution in [1.82, 2.24) is 4.98 Å². The Balaban J connectivity index is 2.20. The van der Waals surface area contributed by atoms with E-state index in [4.69, 9.17) is 4.42 Å². The van der Waals surface area contributed by atoms with Gasteiger partial charge in [-0.05, 0) is 47.7 Å². The van der Waals surface area contributed by atoms with E-state index in [1.165, 1.54) is 24.5 Å². The van der Waals surface area contributed by atoms with Gasteiger partial charge in [0, 0.05) is 3.57 Å². The predicted molar refractivity (Wildman–Crippen MR) is 68.3 cm³/mol. The van der Waals surface area contributed by atoms with Crippen LogP contribution in [-0.4, -0.2) is 10.9 Å². The molecule has 0 aliphatic heterocycles. The number of nitrogens with zero attached hydrogens (tertiary/aromatic N) is 1. The number of benzene rings is 1. The summed E-state index contributed by atoms with van der Waals surface area (Å²) in [5.74, 6) is -0.755. The second kappa shape index (κ2) is 4.82. The Morgan fingerprint density at radius 3 is 2.88 bits per heavy atom. The Kier molecular flexibility index (Phi) is 3.41. The minimum Gasteiger partial charge on any atom is -0.432 e. The molecule has 0 unspecified atom stereocenters. The summed E-state index contributed by atoms with van der Waals surface area (Å²) < 4.78 is 18.4. The molecule has 2 rings (SSSR count). The topological polar surface area (TPSA) is 55.1 Å². The summed E-state index contributed by atoms with van der Waals surface area (Å²) in [6.45, 7) is 1.75. The molecule has 1 amide bonds. The van der Waals surface area contributed by atoms with E-state index in [-0.39, 0.29) is 17.7 Å². The molecule has 0 saturated heterocycles. The number of carbonyl (C=O) groups is 1. The summed E-state index contributed by atoms with van der Waals surface area (Å²) in [7, 11) is 0. The van der Waals surface area contributed by atoms with Crippen molar-refractivity contribution in [1.29, 1.82) is 0 Å². The molecule has 0 saturated carbocycles. The van der Waals surface area contributed by atoms with Gasteiger partial charge in [-0.2, -0.15) is 4.98 Å². The third kappa shape index (κ3) is 2.82. The summed E-state index contributed by atoms with van der Waals surface area (Å²) in [6.07, 6.45) is 1.44. The summed E-state index contributed by atoms with van der Waals surface area (Å²) in [4.78, 5) is 15.8. The van der Waals surface area contributed by atoms with Crippen molar-refractivity contribution in [2.24, 2.45) is 0 Å². The van der Waals surface area contributed by atoms with Gasteiger partial charge in [0.1, 0.15) is 12.1 Å². The van der Waals surface area contributed by atoms with Gasteiger partial charge in [0.15, 0.2) is 0 Å². The van der Waals surface area contributed by atoms with E-state index < -0.39 is 0 Å². The Morgan fingerprint density at radius 1 is 1.53 bits per heavy atom. The van der Waals surface area contributed by atoms with Gasteiger partial charge in [0.05, 0.1) is 11.3 Å². The van der Waals surface area contributed by atoms with Crippen LogP contribution in [0.25, 0.3) is 0 Å². The maximum atomic E-state index is 12.9. The number of halogens is 2. The zero-order valence-electron chi connectivity index (χ0n) is 8.83. The number of amides is 1. The molecule has 0 bridgehead atoms. The molecule has 4 nitrogen and oxygen atoms in total. The third-order valence-electron chi connectivity index (χ3n) is 2.02. The number of nitrogens with one attached hydrogen (secondary N) is 1. The molecular weight excluding hydrogens is 338 g/mol. The second-order valence-electron chi connectivity index (χ2n) is 3.37. The number of oxazole rings is 1. The number of aryl methyl sites for hydroxylation is 1. The van der Waals surface area contributed by atoms with Crippen LogP contribution < -0.4 is 5.32 Å². The first-order valence-electron chi connectivity index (χ1n) is 4.75. The van der Waals surface area contributed by atoms with Gasteiger partial charge in [-0.1, -0.05) is 0 Å². The largest absolute Gasteiger partial charge is 0.432 e. The van der Waals surface area contributed by atoms with Gasteiger partial charge < -0.3 is 4.42 Å². The van der Waals surface area contributed by atoms with Gasteiger partial charge in [-0.25, -0.2) is 4.39 Å². The fraction of sp³-hybridized carbons (Fsp3) is 0.0909. The zero-order valence-corrected chi connectivity index (χ0v) is 11.0. The van der Waals surface area contributed by atoms with Crippen molar-refractivity contribution in [3.8, 4) is 0 Å². The van der Waals surface area contributed by atoms with E-state index >= 15 is 0 Å². The predicted octanol–water partition coefficient (Wildman–Crippen LogP) is 2.98. The van der Waals surface area contributed by atoms with E-state index in [0.717, 1.165) is 0 Å². The molecule has 88 valence electrons. The summed E-state index contributed by atoms with van der Waals surface area (Å²) >= 11 is 1.90. The molecule has 0 spiro atoms. The molecule has 0 atom stereocenters. The first-order valence-corrected chi connectivity index (χ1v) is 5.82. The lowest BCUT2D eigenvalue weighted by Gasteiger charge is -2.03. The van der Waals surface area contributed by atoms with Gasteiger partial charge >= 0.3 is 6.01 Å². The minimum absolute atomic E-state index is 0.132. The Bertz CT molecular complexity index is 568. The number of aromatic nitrogens is 1. The minimum atomic E-state index is -0.378. The van der Waals surface area contributed by atoms with Crippen LogP contribution >= 0.6 is 22.6 Å². The summed E-state index contributed by atoms with van der Waals surface area (Å²) in [5, 5.41) is 2.50. The number of anilines is 1. The number of hydrogen-bond donors (Lipinski definition) is 1. The maximum Gasteiger partial charge on any atom is 0.301 e. The van der Waals surface area contributed by atoms with Crippen LogP contribution in [0, 0.1) is 16.3 Å². The van der Waals surface area contributed by atoms with Crippen LogP contribution in [0.4, 0.5) is 10.4 Å². The molecule has 1 N–H and O–H groups in total. The van der Waals surface area contributed by atoms with Crippen molar-refractivity contribution in [2.45, 2.75) is 6.92 Å². The fourth-order valence-electron chi connectivity index (χ4n) is 1.25. The molecule has 0 radical (unpaired) electrons. The zero-order chi connectivity index (χ0) is 12.4. The number of hydrogen-bond acceptors (Lipinski definition) is 3. The van der Waals surface area contributed by atoms with Gasteiger partial charge in [-0.15, -0.1) is 0 Å². The van der Waals surface area contributed by atoms with Crippen LogP contribution in [0.5, 0.6) is 0 Å². The van der Waals surface area contributed by atoms with Crippen LogP contribution in [0.15, 0.2) is 28.9 Å². The number of rotatable bonds is 2. The Labute approximate surface area is 110 Å². The average Bonchev–Trinajstić information content (AvgIpc) is 2.63. The quantitative estimate of drug-likeness (QED) is 0.851. The highest BCUT2D eigenvalue weighted by molar-refractivity contribution is 14.1. The molecule has 1 aromatic heterocycles. The standard InChI is InChI=1S/C11H8FIN2O2/c1-6-5-17-11(14-6)15-10(16)8-3-2-7(12)4-9(8)13/h2-5H,1H3,(H,14,15,16). The highest BCUT2D eigenvalue weighted by Gasteiger charge is 2.13. The second-order valence-corrected chi connectivity index (χ2v) is 4.53. The lowest BCUT2D eigenvalue weighted by Crippen LogP contribution is -2.13. The Morgan fingerprint density at radius 2 is 2.29 bits per heavy atom. The van der Waals surface area contributed by atoms with Gasteiger partial charge in [0.25, 0.3) is 5.91 Å². The van der Waals surface area contributed by atoms with Crippen LogP contribution in [0.1, 0.15) is 16.1 Å². The van der Waals surface area contributed by atoms with E-state index in [1.54, 1.807) is 6.92 Å². The molecule has 1 heterocycles. The van der Waals surface area contributed by atoms with E-state index in [2.05, 4.69) is 10.3 Å². The van der Waals surface area contributed by atoms with Gasteiger partial charge in [0.2, 0.25) is 0 Å². The normalized spacial score (nSPS) is 10.3. The molecule has 0 aliphatic rings. The van der Waals surface area contributed by atoms with Crippen LogP contribution in [0.2, 0.25) is 0 Å². The third-order valence-corrected chi connectivity index (χ3v) is 2.91. The maximum absolute atomic E-state index is 12.9. The lowest BCUT2D eigenvalue weighted by molar-refractivity contribution is 0.102. The van der Waals surface area contributed by atoms with E-state index in [1.807, 2.05) is 22.6 Å². The van der Waals surface area contributed by atoms with E-state index in [9.17, 15) is 9.18 Å². The smallest absolute Gasteiger partial charge is 0.301 e. The van der Waals surface area contributed by atoms with Crippen LogP contribution in [-0.2, 0) is 0 Å². The highest BCUT2D eigenvalue weighted by atomic mass is 127. The lowest BCUT2D eigenvalue weighted by atomic mass is 10.2. The van der Waals surface area contributed by atoms with Gasteiger partial charge in [-0.3, -0.25) is 10.1 Å². The summed E-state index contributed by atoms with van der Waals surface area (Å²) in [5.41, 5.74) is 1.05. The molecule has 1 aromatic carbocycles. The van der Waals surface area contributed by atoms with Crippen molar-refractivity contribution >= 4 is 34.5 Å². The Hall–Kier alpha value is -1.44. The molecule has 17 heavy (non-hydrogen) atoms. The molecular formula is C11H8FIN2O2.